The summed E-state index contributed by atoms with van der Waals surface area (Å²) in [6.45, 7) is 8.48. The molecule has 0 aliphatic rings. The summed E-state index contributed by atoms with van der Waals surface area (Å²) in [4.78, 5) is 0. The van der Waals surface area contributed by atoms with Gasteiger partial charge in [-0.1, -0.05) is 26.8 Å². The lowest BCUT2D eigenvalue weighted by Gasteiger charge is -2.10. The van der Waals surface area contributed by atoms with E-state index in [-0.39, 0.29) is 0 Å². The maximum absolute atomic E-state index is 5.83. The van der Waals surface area contributed by atoms with Gasteiger partial charge in [-0.3, -0.25) is 0 Å². The molecule has 1 nitrogen and oxygen atoms in total. The van der Waals surface area contributed by atoms with Crippen molar-refractivity contribution in [2.45, 2.75) is 34.1 Å². The van der Waals surface area contributed by atoms with E-state index in [0.29, 0.717) is 5.92 Å². The molecule has 0 aliphatic heterocycles. The monoisotopic (exact) mass is 153 g/mol. The van der Waals surface area contributed by atoms with Crippen molar-refractivity contribution in [3.8, 4) is 0 Å². The quantitative estimate of drug-likeness (QED) is 0.620. The molecule has 0 saturated heterocycles. The predicted molar refractivity (Wildman–Crippen MR) is 51.2 cm³/mol. The highest BCUT2D eigenvalue weighted by atomic mass is 14.6. The molecule has 0 aromatic rings. The average molecular weight is 153 g/mol. The predicted octanol–water partition coefficient (Wildman–Crippen LogP) is 2.84. The molecule has 0 bridgehead atoms. The number of nitrogens with two attached hydrogens (primary N) is 1. The highest BCUT2D eigenvalue weighted by Gasteiger charge is 2.02. The zero-order valence-corrected chi connectivity index (χ0v) is 8.02. The van der Waals surface area contributed by atoms with Crippen LogP contribution in [0, 0.1) is 5.92 Å². The van der Waals surface area contributed by atoms with Crippen LogP contribution in [-0.2, 0) is 0 Å². The molecule has 0 aliphatic carbocycles. The van der Waals surface area contributed by atoms with Crippen LogP contribution in [0.15, 0.2) is 23.4 Å². The van der Waals surface area contributed by atoms with Crippen LogP contribution in [0.5, 0.6) is 0 Å². The van der Waals surface area contributed by atoms with E-state index in [1.165, 1.54) is 5.57 Å². The summed E-state index contributed by atoms with van der Waals surface area (Å²) in [6.07, 6.45) is 5.00. The second kappa shape index (κ2) is 5.00. The second-order valence-electron chi connectivity index (χ2n) is 2.99. The normalized spacial score (nSPS) is 14.3. The lowest BCUT2D eigenvalue weighted by Crippen LogP contribution is -2.04. The summed E-state index contributed by atoms with van der Waals surface area (Å²) in [7, 11) is 0. The maximum atomic E-state index is 5.83. The molecular formula is C10H19N. The van der Waals surface area contributed by atoms with Gasteiger partial charge in [-0.05, 0) is 30.9 Å². The highest BCUT2D eigenvalue weighted by molar-refractivity contribution is 5.23. The van der Waals surface area contributed by atoms with E-state index >= 15 is 0 Å². The molecule has 0 atom stereocenters. The van der Waals surface area contributed by atoms with Crippen molar-refractivity contribution in [1.29, 1.82) is 0 Å². The first-order valence-corrected chi connectivity index (χ1v) is 4.24. The van der Waals surface area contributed by atoms with Crippen LogP contribution in [0.3, 0.4) is 0 Å². The van der Waals surface area contributed by atoms with Crippen LogP contribution in [0.4, 0.5) is 0 Å². The summed E-state index contributed by atoms with van der Waals surface area (Å²) < 4.78 is 0. The van der Waals surface area contributed by atoms with Gasteiger partial charge in [-0.15, -0.1) is 0 Å². The highest BCUT2D eigenvalue weighted by Crippen LogP contribution is 2.16. The zero-order valence-electron chi connectivity index (χ0n) is 8.02. The maximum Gasteiger partial charge on any atom is 0.0305 e. The Kier molecular flexibility index (Phi) is 4.67. The number of rotatable bonds is 3. The lowest BCUT2D eigenvalue weighted by molar-refractivity contribution is 0.721. The molecule has 0 rings (SSSR count). The Morgan fingerprint density at radius 2 is 2.00 bits per heavy atom. The van der Waals surface area contributed by atoms with E-state index in [9.17, 15) is 0 Å². The first kappa shape index (κ1) is 10.3. The molecule has 0 fully saturated rings. The molecular weight excluding hydrogens is 134 g/mol. The van der Waals surface area contributed by atoms with Gasteiger partial charge in [0.05, 0.1) is 0 Å². The van der Waals surface area contributed by atoms with E-state index in [1.54, 1.807) is 0 Å². The van der Waals surface area contributed by atoms with E-state index in [4.69, 9.17) is 5.73 Å². The Labute approximate surface area is 70.0 Å². The Hall–Kier alpha value is -0.720. The van der Waals surface area contributed by atoms with E-state index in [0.717, 1.165) is 12.1 Å². The SMILES string of the molecule is C/C=C\C(N)=C(\CC)C(C)C. The van der Waals surface area contributed by atoms with Crippen LogP contribution in [0.25, 0.3) is 0 Å². The largest absolute Gasteiger partial charge is 0.399 e. The molecule has 1 heteroatoms. The Balaban J connectivity index is 4.53. The minimum Gasteiger partial charge on any atom is -0.399 e. The fourth-order valence-corrected chi connectivity index (χ4v) is 1.23. The Bertz CT molecular complexity index is 164. The molecule has 0 aromatic heterocycles. The van der Waals surface area contributed by atoms with E-state index < -0.39 is 0 Å². The average Bonchev–Trinajstić information content (AvgIpc) is 1.88. The van der Waals surface area contributed by atoms with Crippen molar-refractivity contribution in [2.75, 3.05) is 0 Å². The zero-order chi connectivity index (χ0) is 8.85. The van der Waals surface area contributed by atoms with Gasteiger partial charge < -0.3 is 5.73 Å². The van der Waals surface area contributed by atoms with Gasteiger partial charge in [0.1, 0.15) is 0 Å². The van der Waals surface area contributed by atoms with Crippen molar-refractivity contribution in [3.63, 3.8) is 0 Å². The summed E-state index contributed by atoms with van der Waals surface area (Å²) in [5.41, 5.74) is 8.12. The minimum atomic E-state index is 0.566. The third-order valence-electron chi connectivity index (χ3n) is 1.79. The van der Waals surface area contributed by atoms with Gasteiger partial charge in [-0.25, -0.2) is 0 Å². The van der Waals surface area contributed by atoms with Crippen LogP contribution in [-0.4, -0.2) is 0 Å². The smallest absolute Gasteiger partial charge is 0.0305 e. The molecule has 0 unspecified atom stereocenters. The van der Waals surface area contributed by atoms with Crippen LogP contribution in [0.1, 0.15) is 34.1 Å². The summed E-state index contributed by atoms with van der Waals surface area (Å²) >= 11 is 0. The fourth-order valence-electron chi connectivity index (χ4n) is 1.23. The number of allylic oxidation sites excluding steroid dienone is 3. The van der Waals surface area contributed by atoms with Crippen molar-refractivity contribution in [2.24, 2.45) is 11.7 Å². The number of hydrogen-bond donors (Lipinski definition) is 1. The molecule has 0 aromatic carbocycles. The van der Waals surface area contributed by atoms with Gasteiger partial charge in [0, 0.05) is 5.70 Å². The third-order valence-corrected chi connectivity index (χ3v) is 1.79. The lowest BCUT2D eigenvalue weighted by atomic mass is 9.98. The molecule has 0 radical (unpaired) electrons. The Morgan fingerprint density at radius 1 is 1.45 bits per heavy atom. The van der Waals surface area contributed by atoms with E-state index in [2.05, 4.69) is 20.8 Å². The number of hydrogen-bond acceptors (Lipinski definition) is 1. The van der Waals surface area contributed by atoms with Gasteiger partial charge in [0.25, 0.3) is 0 Å². The van der Waals surface area contributed by atoms with Gasteiger partial charge >= 0.3 is 0 Å². The minimum absolute atomic E-state index is 0.566. The fraction of sp³-hybridized carbons (Fsp3) is 0.600. The van der Waals surface area contributed by atoms with Gasteiger partial charge in [0.2, 0.25) is 0 Å². The topological polar surface area (TPSA) is 26.0 Å². The van der Waals surface area contributed by atoms with Crippen molar-refractivity contribution >= 4 is 0 Å². The third kappa shape index (κ3) is 3.26. The summed E-state index contributed by atoms with van der Waals surface area (Å²) in [6, 6.07) is 0. The standard InChI is InChI=1S/C10H19N/c1-5-7-10(11)9(6-2)8(3)4/h5,7-8H,6,11H2,1-4H3/b7-5-,10-9+. The molecule has 11 heavy (non-hydrogen) atoms. The molecule has 0 heterocycles. The van der Waals surface area contributed by atoms with E-state index in [1.807, 2.05) is 19.1 Å². The molecule has 2 N–H and O–H groups in total. The summed E-state index contributed by atoms with van der Waals surface area (Å²) in [5.74, 6) is 0.566. The second-order valence-corrected chi connectivity index (χ2v) is 2.99. The van der Waals surface area contributed by atoms with Crippen LogP contribution < -0.4 is 5.73 Å². The molecule has 0 amide bonds. The van der Waals surface area contributed by atoms with Crippen molar-refractivity contribution in [3.05, 3.63) is 23.4 Å². The molecule has 0 saturated carbocycles. The Morgan fingerprint density at radius 3 is 2.27 bits per heavy atom. The van der Waals surface area contributed by atoms with Crippen LogP contribution in [0.2, 0.25) is 0 Å². The molecule has 0 spiro atoms. The summed E-state index contributed by atoms with van der Waals surface area (Å²) in [5, 5.41) is 0. The van der Waals surface area contributed by atoms with Crippen molar-refractivity contribution in [1.82, 2.24) is 0 Å². The van der Waals surface area contributed by atoms with Gasteiger partial charge in [-0.2, -0.15) is 0 Å². The van der Waals surface area contributed by atoms with Gasteiger partial charge in [0.15, 0.2) is 0 Å². The molecule has 64 valence electrons. The first-order chi connectivity index (χ1) is 5.13. The van der Waals surface area contributed by atoms with Crippen molar-refractivity contribution < 1.29 is 0 Å². The first-order valence-electron chi connectivity index (χ1n) is 4.24. The van der Waals surface area contributed by atoms with Crippen LogP contribution >= 0.6 is 0 Å².